The highest BCUT2D eigenvalue weighted by molar-refractivity contribution is 5.94. The van der Waals surface area contributed by atoms with Crippen molar-refractivity contribution < 1.29 is 9.90 Å². The van der Waals surface area contributed by atoms with E-state index in [1.807, 2.05) is 17.0 Å². The molecule has 0 bridgehead atoms. The Morgan fingerprint density at radius 2 is 1.79 bits per heavy atom. The van der Waals surface area contributed by atoms with Gasteiger partial charge in [-0.3, -0.25) is 14.7 Å². The molecule has 34 heavy (non-hydrogen) atoms. The van der Waals surface area contributed by atoms with E-state index in [-0.39, 0.29) is 23.9 Å². The molecule has 9 nitrogen and oxygen atoms in total. The van der Waals surface area contributed by atoms with E-state index in [1.54, 1.807) is 30.0 Å². The van der Waals surface area contributed by atoms with Crippen molar-refractivity contribution in [3.8, 4) is 6.07 Å². The number of nitrogens with zero attached hydrogens (tertiary/aromatic N) is 7. The SMILES string of the molecule is CN(C)C(O)CN1C(=O)N(c2ccnc(C#N)n2)CC12CCC(c1ccccc1)(N(C)C)CC2. The highest BCUT2D eigenvalue weighted by Crippen LogP contribution is 2.49. The Labute approximate surface area is 201 Å². The summed E-state index contributed by atoms with van der Waals surface area (Å²) in [6.45, 7) is 0.672. The lowest BCUT2D eigenvalue weighted by atomic mass is 9.68. The van der Waals surface area contributed by atoms with Gasteiger partial charge in [0.25, 0.3) is 0 Å². The average Bonchev–Trinajstić information content (AvgIpc) is 3.11. The molecule has 4 rings (SSSR count). The van der Waals surface area contributed by atoms with E-state index in [9.17, 15) is 15.2 Å². The van der Waals surface area contributed by atoms with Crippen LogP contribution in [-0.4, -0.2) is 88.9 Å². The highest BCUT2D eigenvalue weighted by atomic mass is 16.3. The summed E-state index contributed by atoms with van der Waals surface area (Å²) in [5.41, 5.74) is 0.739. The van der Waals surface area contributed by atoms with Crippen LogP contribution in [0, 0.1) is 11.3 Å². The molecule has 2 heterocycles. The number of benzene rings is 1. The number of likely N-dealkylation sites (N-methyl/N-ethyl adjacent to an activating group) is 1. The number of hydrogen-bond donors (Lipinski definition) is 1. The molecule has 1 spiro atoms. The molecule has 1 aromatic carbocycles. The first-order valence-corrected chi connectivity index (χ1v) is 11.6. The Kier molecular flexibility index (Phi) is 6.58. The van der Waals surface area contributed by atoms with Gasteiger partial charge in [0.2, 0.25) is 5.82 Å². The number of carbonyl (C=O) groups excluding carboxylic acids is 1. The fourth-order valence-electron chi connectivity index (χ4n) is 5.43. The Bertz CT molecular complexity index is 1060. The summed E-state index contributed by atoms with van der Waals surface area (Å²) in [7, 11) is 7.84. The maximum Gasteiger partial charge on any atom is 0.326 e. The fraction of sp³-hybridized carbons (Fsp3) is 0.520. The Hall–Kier alpha value is -3.06. The molecule has 1 aliphatic heterocycles. The molecule has 1 aliphatic carbocycles. The molecule has 2 aromatic rings. The molecule has 2 fully saturated rings. The quantitative estimate of drug-likeness (QED) is 0.656. The van der Waals surface area contributed by atoms with Crippen LogP contribution in [0.15, 0.2) is 42.6 Å². The third-order valence-electron chi connectivity index (χ3n) is 7.62. The molecule has 1 unspecified atom stereocenters. The highest BCUT2D eigenvalue weighted by Gasteiger charge is 2.55. The van der Waals surface area contributed by atoms with Crippen molar-refractivity contribution in [2.24, 2.45) is 0 Å². The van der Waals surface area contributed by atoms with Crippen LogP contribution in [0.25, 0.3) is 0 Å². The number of rotatable bonds is 6. The lowest BCUT2D eigenvalue weighted by Gasteiger charge is -2.51. The van der Waals surface area contributed by atoms with Gasteiger partial charge in [-0.05, 0) is 65.5 Å². The first-order chi connectivity index (χ1) is 16.2. The number of amides is 2. The predicted octanol–water partition coefficient (Wildman–Crippen LogP) is 2.24. The van der Waals surface area contributed by atoms with Crippen LogP contribution in [-0.2, 0) is 5.54 Å². The van der Waals surface area contributed by atoms with Crippen molar-refractivity contribution in [3.05, 3.63) is 54.0 Å². The van der Waals surface area contributed by atoms with Crippen molar-refractivity contribution >= 4 is 11.8 Å². The maximum atomic E-state index is 13.7. The van der Waals surface area contributed by atoms with Crippen molar-refractivity contribution in [2.45, 2.75) is 43.0 Å². The summed E-state index contributed by atoms with van der Waals surface area (Å²) in [6, 6.07) is 14.0. The number of β-amino-alcohol motifs (C(OH)–C–C–N with tert-alkyl or cyclic N) is 1. The zero-order valence-electron chi connectivity index (χ0n) is 20.3. The number of carbonyl (C=O) groups is 1. The van der Waals surface area contributed by atoms with Gasteiger partial charge in [0.1, 0.15) is 18.1 Å². The number of hydrogen-bond acceptors (Lipinski definition) is 7. The van der Waals surface area contributed by atoms with Gasteiger partial charge in [0.05, 0.1) is 18.6 Å². The Morgan fingerprint density at radius 1 is 1.12 bits per heavy atom. The second-order valence-corrected chi connectivity index (χ2v) is 9.79. The second kappa shape index (κ2) is 9.29. The Balaban J connectivity index is 1.68. The minimum atomic E-state index is -0.782. The molecule has 0 radical (unpaired) electrons. The molecular formula is C25H33N7O2. The zero-order chi connectivity index (χ0) is 24.5. The van der Waals surface area contributed by atoms with Gasteiger partial charge in [-0.1, -0.05) is 30.3 Å². The van der Waals surface area contributed by atoms with E-state index in [2.05, 4.69) is 53.2 Å². The summed E-state index contributed by atoms with van der Waals surface area (Å²) < 4.78 is 0. The molecule has 2 amide bonds. The van der Waals surface area contributed by atoms with Gasteiger partial charge in [-0.25, -0.2) is 14.8 Å². The van der Waals surface area contributed by atoms with Gasteiger partial charge in [0, 0.05) is 11.7 Å². The minimum absolute atomic E-state index is 0.0328. The zero-order valence-corrected chi connectivity index (χ0v) is 20.3. The molecule has 1 atom stereocenters. The van der Waals surface area contributed by atoms with Gasteiger partial charge < -0.3 is 10.0 Å². The number of nitriles is 1. The number of aromatic nitrogens is 2. The molecule has 1 saturated heterocycles. The molecule has 9 heteroatoms. The first-order valence-electron chi connectivity index (χ1n) is 11.6. The van der Waals surface area contributed by atoms with Crippen LogP contribution >= 0.6 is 0 Å². The summed E-state index contributed by atoms with van der Waals surface area (Å²) in [5.74, 6) is 0.454. The lowest BCUT2D eigenvalue weighted by molar-refractivity contribution is -0.0233. The lowest BCUT2D eigenvalue weighted by Crippen LogP contribution is -2.57. The summed E-state index contributed by atoms with van der Waals surface area (Å²) in [4.78, 5) is 29.4. The fourth-order valence-corrected chi connectivity index (χ4v) is 5.43. The molecule has 1 saturated carbocycles. The van der Waals surface area contributed by atoms with Gasteiger partial charge in [-0.2, -0.15) is 5.26 Å². The van der Waals surface area contributed by atoms with Crippen LogP contribution in [0.3, 0.4) is 0 Å². The first kappa shape index (κ1) is 24.1. The minimum Gasteiger partial charge on any atom is -0.377 e. The molecule has 2 aliphatic rings. The van der Waals surface area contributed by atoms with Gasteiger partial charge in [0.15, 0.2) is 0 Å². The summed E-state index contributed by atoms with van der Waals surface area (Å²) in [5, 5.41) is 19.9. The third-order valence-corrected chi connectivity index (χ3v) is 7.62. The monoisotopic (exact) mass is 463 g/mol. The topological polar surface area (TPSA) is 99.8 Å². The van der Waals surface area contributed by atoms with Crippen LogP contribution in [0.4, 0.5) is 10.6 Å². The summed E-state index contributed by atoms with van der Waals surface area (Å²) in [6.07, 6.45) is 4.07. The molecular weight excluding hydrogens is 430 g/mol. The Morgan fingerprint density at radius 3 is 2.38 bits per heavy atom. The largest absolute Gasteiger partial charge is 0.377 e. The van der Waals surface area contributed by atoms with E-state index < -0.39 is 11.8 Å². The number of urea groups is 1. The van der Waals surface area contributed by atoms with Crippen molar-refractivity contribution in [2.75, 3.05) is 46.2 Å². The number of aliphatic hydroxyl groups excluding tert-OH is 1. The normalized spacial score (nSPS) is 25.9. The molecule has 1 N–H and O–H groups in total. The molecule has 1 aromatic heterocycles. The van der Waals surface area contributed by atoms with E-state index in [0.29, 0.717) is 12.4 Å². The summed E-state index contributed by atoms with van der Waals surface area (Å²) >= 11 is 0. The smallest absolute Gasteiger partial charge is 0.326 e. The third kappa shape index (κ3) is 4.13. The van der Waals surface area contributed by atoms with Crippen molar-refractivity contribution in [1.82, 2.24) is 24.7 Å². The van der Waals surface area contributed by atoms with Crippen LogP contribution in [0.2, 0.25) is 0 Å². The van der Waals surface area contributed by atoms with Gasteiger partial charge in [-0.15, -0.1) is 0 Å². The van der Waals surface area contributed by atoms with E-state index in [4.69, 9.17) is 0 Å². The van der Waals surface area contributed by atoms with Crippen LogP contribution in [0.5, 0.6) is 0 Å². The second-order valence-electron chi connectivity index (χ2n) is 9.79. The van der Waals surface area contributed by atoms with Gasteiger partial charge >= 0.3 is 6.03 Å². The standard InChI is InChI=1S/C25H33N7O2/c1-29(2)22(33)17-32-23(34)31(21-10-15-27-20(16-26)28-21)18-24(32)11-13-25(14-12-24,30(3)4)19-8-6-5-7-9-19/h5-10,15,22,33H,11-14,17-18H2,1-4H3. The van der Waals surface area contributed by atoms with Crippen LogP contribution < -0.4 is 4.90 Å². The van der Waals surface area contributed by atoms with E-state index in [1.165, 1.54) is 11.8 Å². The number of anilines is 1. The van der Waals surface area contributed by atoms with Crippen molar-refractivity contribution in [1.29, 1.82) is 5.26 Å². The van der Waals surface area contributed by atoms with E-state index in [0.717, 1.165) is 25.7 Å². The van der Waals surface area contributed by atoms with Crippen molar-refractivity contribution in [3.63, 3.8) is 0 Å². The number of aliphatic hydroxyl groups is 1. The maximum absolute atomic E-state index is 13.7. The predicted molar refractivity (Wildman–Crippen MR) is 129 cm³/mol. The van der Waals surface area contributed by atoms with E-state index >= 15 is 0 Å². The van der Waals surface area contributed by atoms with Crippen LogP contribution in [0.1, 0.15) is 37.1 Å². The molecule has 180 valence electrons. The average molecular weight is 464 g/mol.